The Bertz CT molecular complexity index is 1550. The van der Waals surface area contributed by atoms with Crippen LogP contribution in [-0.2, 0) is 28.3 Å². The molecule has 1 aliphatic rings. The maximum Gasteiger partial charge on any atom is 0.325 e. The predicted octanol–water partition coefficient (Wildman–Crippen LogP) is 5.81. The first-order chi connectivity index (χ1) is 22.6. The highest BCUT2D eigenvalue weighted by Crippen LogP contribution is 2.39. The lowest BCUT2D eigenvalue weighted by Gasteiger charge is -2.41. The van der Waals surface area contributed by atoms with Crippen molar-refractivity contribution < 1.29 is 28.3 Å². The van der Waals surface area contributed by atoms with Gasteiger partial charge in [0, 0.05) is 18.9 Å². The molecule has 49 heavy (non-hydrogen) atoms. The molecule has 0 radical (unpaired) electrons. The number of ether oxygens (including phenoxy) is 1. The Balaban J connectivity index is 1.64. The molecule has 0 bridgehead atoms. The number of amides is 3. The molecule has 0 aliphatic carbocycles. The van der Waals surface area contributed by atoms with Crippen molar-refractivity contribution in [2.75, 3.05) is 6.54 Å². The lowest BCUT2D eigenvalue weighted by molar-refractivity contribution is -0.157. The van der Waals surface area contributed by atoms with E-state index in [1.165, 1.54) is 11.9 Å². The third kappa shape index (κ3) is 10.9. The number of hydrogen-bond acceptors (Lipinski definition) is 8. The fourth-order valence-corrected chi connectivity index (χ4v) is 7.10. The molecule has 4 atom stereocenters. The third-order valence-electron chi connectivity index (χ3n) is 9.22. The molecule has 2 aromatic rings. The highest BCUT2D eigenvalue weighted by molar-refractivity contribution is 6.74. The van der Waals surface area contributed by atoms with Crippen LogP contribution < -0.4 is 16.1 Å². The zero-order valence-corrected chi connectivity index (χ0v) is 32.4. The molecule has 1 aromatic carbocycles. The van der Waals surface area contributed by atoms with Crippen molar-refractivity contribution in [3.05, 3.63) is 47.7 Å². The molecule has 0 unspecified atom stereocenters. The van der Waals surface area contributed by atoms with Crippen molar-refractivity contribution in [1.29, 1.82) is 0 Å². The molecule has 12 heteroatoms. The van der Waals surface area contributed by atoms with Gasteiger partial charge in [-0.2, -0.15) is 0 Å². The van der Waals surface area contributed by atoms with Gasteiger partial charge in [-0.1, -0.05) is 65.0 Å². The number of nitrogens with one attached hydrogen (secondary N) is 3. The SMILES string of the molecule is CC(=O)N[C@H](C(=O)N[C@@H](C)C(=O)N1CCC[C@@H](C(=O)O[C@H](C)c2ccc3ccc(/C=C/C(C)(C)O[Si](C)(C)C(C)(C)C)cc3n2)N1)C(C)C. The lowest BCUT2D eigenvalue weighted by atomic mass is 10.0. The first kappa shape index (κ1) is 39.8. The summed E-state index contributed by atoms with van der Waals surface area (Å²) in [6.07, 6.45) is 4.60. The van der Waals surface area contributed by atoms with Gasteiger partial charge in [0.15, 0.2) is 8.32 Å². The average molecular weight is 696 g/mol. The number of benzene rings is 1. The number of fused-ring (bicyclic) bond motifs is 1. The standard InChI is InChI=1S/C37H57N5O6Si/c1-23(2)32(39-26(5)43)33(44)38-24(3)34(45)42-21-13-14-30(41-42)35(46)47-25(4)29-18-17-28-16-15-27(22-31(28)40-29)19-20-37(9,10)48-49(11,12)36(6,7)8/h15-20,22-25,30,32,41H,13-14,21H2,1-12H3,(H,38,44)(H,39,43)/b20-19+/t24-,25+,30-,32-/m0/s1. The summed E-state index contributed by atoms with van der Waals surface area (Å²) < 4.78 is 12.5. The van der Waals surface area contributed by atoms with Crippen molar-refractivity contribution >= 4 is 49.0 Å². The van der Waals surface area contributed by atoms with Gasteiger partial charge in [0.1, 0.15) is 24.2 Å². The number of hydrogen-bond donors (Lipinski definition) is 3. The molecule has 1 fully saturated rings. The van der Waals surface area contributed by atoms with E-state index in [1.807, 2.05) is 44.2 Å². The molecule has 1 saturated heterocycles. The molecule has 2 heterocycles. The van der Waals surface area contributed by atoms with Crippen LogP contribution in [0.2, 0.25) is 18.1 Å². The zero-order chi connectivity index (χ0) is 36.9. The summed E-state index contributed by atoms with van der Waals surface area (Å²) in [5.41, 5.74) is 4.94. The largest absolute Gasteiger partial charge is 0.455 e. The van der Waals surface area contributed by atoms with Gasteiger partial charge in [0.25, 0.3) is 5.91 Å². The third-order valence-corrected chi connectivity index (χ3v) is 13.9. The van der Waals surface area contributed by atoms with E-state index in [9.17, 15) is 19.2 Å². The number of aromatic nitrogens is 1. The maximum atomic E-state index is 13.2. The second kappa shape index (κ2) is 15.9. The molecule has 0 spiro atoms. The monoisotopic (exact) mass is 695 g/mol. The van der Waals surface area contributed by atoms with Crippen LogP contribution in [0.1, 0.15) is 99.4 Å². The maximum absolute atomic E-state index is 13.2. The molecule has 3 amide bonds. The summed E-state index contributed by atoms with van der Waals surface area (Å²) >= 11 is 0. The van der Waals surface area contributed by atoms with Crippen LogP contribution in [0.3, 0.4) is 0 Å². The highest BCUT2D eigenvalue weighted by Gasteiger charge is 2.40. The number of carbonyl (C=O) groups is 4. The molecular formula is C37H57N5O6Si. The van der Waals surface area contributed by atoms with E-state index in [0.29, 0.717) is 25.1 Å². The average Bonchev–Trinajstić information content (AvgIpc) is 3.00. The van der Waals surface area contributed by atoms with Crippen LogP contribution >= 0.6 is 0 Å². The Kier molecular flexibility index (Phi) is 13.0. The molecule has 1 aliphatic heterocycles. The minimum Gasteiger partial charge on any atom is -0.455 e. The summed E-state index contributed by atoms with van der Waals surface area (Å²) in [5.74, 6) is -1.82. The lowest BCUT2D eigenvalue weighted by Crippen LogP contribution is -2.60. The van der Waals surface area contributed by atoms with Gasteiger partial charge >= 0.3 is 5.97 Å². The van der Waals surface area contributed by atoms with E-state index < -0.39 is 50.0 Å². The van der Waals surface area contributed by atoms with Crippen LogP contribution in [0.4, 0.5) is 0 Å². The van der Waals surface area contributed by atoms with E-state index in [2.05, 4.69) is 75.9 Å². The van der Waals surface area contributed by atoms with Crippen molar-refractivity contribution in [1.82, 2.24) is 26.1 Å². The Labute approximate surface area is 293 Å². The second-order valence-electron chi connectivity index (χ2n) is 15.5. The first-order valence-electron chi connectivity index (χ1n) is 17.3. The van der Waals surface area contributed by atoms with Gasteiger partial charge in [-0.3, -0.25) is 24.2 Å². The van der Waals surface area contributed by atoms with E-state index in [4.69, 9.17) is 14.1 Å². The molecule has 0 saturated carbocycles. The molecule has 1 aromatic heterocycles. The minimum absolute atomic E-state index is 0.108. The van der Waals surface area contributed by atoms with Gasteiger partial charge in [0.05, 0.1) is 16.8 Å². The number of nitrogens with zero attached hydrogens (tertiary/aromatic N) is 2. The number of hydrazine groups is 1. The van der Waals surface area contributed by atoms with Crippen LogP contribution in [0, 0.1) is 5.92 Å². The van der Waals surface area contributed by atoms with Gasteiger partial charge in [-0.25, -0.2) is 10.4 Å². The molecule has 11 nitrogen and oxygen atoms in total. The van der Waals surface area contributed by atoms with E-state index in [0.717, 1.165) is 16.5 Å². The number of rotatable bonds is 12. The van der Waals surface area contributed by atoms with Crippen molar-refractivity contribution in [3.8, 4) is 0 Å². The Hall–Kier alpha value is -3.61. The van der Waals surface area contributed by atoms with Gasteiger partial charge in [-0.15, -0.1) is 0 Å². The van der Waals surface area contributed by atoms with Crippen molar-refractivity contribution in [3.63, 3.8) is 0 Å². The molecule has 270 valence electrons. The minimum atomic E-state index is -1.96. The van der Waals surface area contributed by atoms with Gasteiger partial charge in [-0.05, 0) is 82.3 Å². The fourth-order valence-electron chi connectivity index (χ4n) is 5.41. The molecular weight excluding hydrogens is 639 g/mol. The summed E-state index contributed by atoms with van der Waals surface area (Å²) in [6, 6.07) is 7.52. The summed E-state index contributed by atoms with van der Waals surface area (Å²) in [5, 5.41) is 7.75. The fraction of sp³-hybridized carbons (Fsp3) is 0.595. The normalized spacial score (nSPS) is 17.9. The van der Waals surface area contributed by atoms with Crippen molar-refractivity contribution in [2.45, 2.75) is 130 Å². The van der Waals surface area contributed by atoms with E-state index in [1.54, 1.807) is 13.8 Å². The number of carbonyl (C=O) groups excluding carboxylic acids is 4. The van der Waals surface area contributed by atoms with Crippen LogP contribution in [-0.4, -0.2) is 72.3 Å². The highest BCUT2D eigenvalue weighted by atomic mass is 28.4. The number of pyridine rings is 1. The second-order valence-corrected chi connectivity index (χ2v) is 20.3. The Morgan fingerprint density at radius 3 is 2.29 bits per heavy atom. The quantitative estimate of drug-likeness (QED) is 0.187. The summed E-state index contributed by atoms with van der Waals surface area (Å²) in [7, 11) is -1.96. The first-order valence-corrected chi connectivity index (χ1v) is 20.2. The predicted molar refractivity (Wildman–Crippen MR) is 196 cm³/mol. The molecule has 3 N–H and O–H groups in total. The molecule has 3 rings (SSSR count). The Morgan fingerprint density at radius 2 is 1.67 bits per heavy atom. The summed E-state index contributed by atoms with van der Waals surface area (Å²) in [4.78, 5) is 55.6. The zero-order valence-electron chi connectivity index (χ0n) is 31.4. The van der Waals surface area contributed by atoms with Gasteiger partial charge in [0.2, 0.25) is 11.8 Å². The number of esters is 1. The van der Waals surface area contributed by atoms with Gasteiger partial charge < -0.3 is 19.8 Å². The van der Waals surface area contributed by atoms with E-state index in [-0.39, 0.29) is 22.8 Å². The van der Waals surface area contributed by atoms with Crippen LogP contribution in [0.5, 0.6) is 0 Å². The van der Waals surface area contributed by atoms with Crippen molar-refractivity contribution in [2.24, 2.45) is 5.92 Å². The summed E-state index contributed by atoms with van der Waals surface area (Å²) in [6.45, 7) is 24.1. The van der Waals surface area contributed by atoms with Crippen LogP contribution in [0.25, 0.3) is 17.0 Å². The Morgan fingerprint density at radius 1 is 1.02 bits per heavy atom. The topological polar surface area (TPSA) is 139 Å². The smallest absolute Gasteiger partial charge is 0.325 e. The van der Waals surface area contributed by atoms with E-state index >= 15 is 0 Å². The van der Waals surface area contributed by atoms with Crippen LogP contribution in [0.15, 0.2) is 36.4 Å².